The number of carbonyl (C=O) groups excluding carboxylic acids is 2. The van der Waals surface area contributed by atoms with E-state index in [9.17, 15) is 14.0 Å². The Kier molecular flexibility index (Phi) is 6.34. The molecule has 0 spiro atoms. The molecule has 1 heterocycles. The number of aromatic nitrogens is 1. The molecule has 0 atom stereocenters. The van der Waals surface area contributed by atoms with E-state index in [0.717, 1.165) is 22.4 Å². The van der Waals surface area contributed by atoms with Gasteiger partial charge in [-0.15, -0.1) is 0 Å². The summed E-state index contributed by atoms with van der Waals surface area (Å²) in [5.74, 6) is -0.939. The number of benzene rings is 2. The van der Waals surface area contributed by atoms with E-state index in [4.69, 9.17) is 0 Å². The van der Waals surface area contributed by atoms with E-state index >= 15 is 0 Å². The van der Waals surface area contributed by atoms with Gasteiger partial charge in [-0.3, -0.25) is 14.6 Å². The van der Waals surface area contributed by atoms with Crippen LogP contribution in [0.2, 0.25) is 0 Å². The molecule has 5 nitrogen and oxygen atoms in total. The molecule has 3 aromatic rings. The number of amides is 2. The van der Waals surface area contributed by atoms with Crippen LogP contribution in [0.1, 0.15) is 37.4 Å². The van der Waals surface area contributed by atoms with Gasteiger partial charge in [0, 0.05) is 24.6 Å². The van der Waals surface area contributed by atoms with Gasteiger partial charge in [0.2, 0.25) is 0 Å². The van der Waals surface area contributed by atoms with Gasteiger partial charge in [0.25, 0.3) is 11.8 Å². The van der Waals surface area contributed by atoms with E-state index in [2.05, 4.69) is 15.6 Å². The van der Waals surface area contributed by atoms with E-state index in [1.165, 1.54) is 30.6 Å². The zero-order chi connectivity index (χ0) is 20.8. The predicted octanol–water partition coefficient (Wildman–Crippen LogP) is 4.06. The molecular formula is C23H22FN3O2. The Hall–Kier alpha value is -3.54. The first-order valence-corrected chi connectivity index (χ1v) is 9.28. The maximum absolute atomic E-state index is 12.9. The van der Waals surface area contributed by atoms with Crippen LogP contribution >= 0.6 is 0 Å². The van der Waals surface area contributed by atoms with E-state index in [1.807, 2.05) is 32.0 Å². The van der Waals surface area contributed by atoms with Gasteiger partial charge < -0.3 is 10.6 Å². The van der Waals surface area contributed by atoms with Crippen LogP contribution in [0.5, 0.6) is 0 Å². The fourth-order valence-electron chi connectivity index (χ4n) is 2.91. The first-order chi connectivity index (χ1) is 13.9. The molecule has 0 aliphatic rings. The van der Waals surface area contributed by atoms with Crippen molar-refractivity contribution in [2.24, 2.45) is 0 Å². The molecule has 0 unspecified atom stereocenters. The molecule has 0 saturated carbocycles. The molecule has 148 valence electrons. The zero-order valence-electron chi connectivity index (χ0n) is 16.3. The molecule has 0 aliphatic heterocycles. The number of nitrogens with one attached hydrogen (secondary N) is 2. The summed E-state index contributed by atoms with van der Waals surface area (Å²) in [4.78, 5) is 28.9. The molecular weight excluding hydrogens is 369 g/mol. The van der Waals surface area contributed by atoms with E-state index in [1.54, 1.807) is 12.1 Å². The van der Waals surface area contributed by atoms with Crippen molar-refractivity contribution in [3.63, 3.8) is 0 Å². The van der Waals surface area contributed by atoms with E-state index < -0.39 is 0 Å². The minimum absolute atomic E-state index is 0.292. The van der Waals surface area contributed by atoms with Gasteiger partial charge in [0.1, 0.15) is 5.82 Å². The van der Waals surface area contributed by atoms with Crippen LogP contribution in [-0.2, 0) is 6.42 Å². The third-order valence-electron chi connectivity index (χ3n) is 4.51. The Morgan fingerprint density at radius 1 is 0.931 bits per heavy atom. The Morgan fingerprint density at radius 2 is 1.62 bits per heavy atom. The Bertz CT molecular complexity index is 1030. The second-order valence-electron chi connectivity index (χ2n) is 6.87. The average Bonchev–Trinajstić information content (AvgIpc) is 2.71. The van der Waals surface area contributed by atoms with Crippen molar-refractivity contribution >= 4 is 17.5 Å². The van der Waals surface area contributed by atoms with Gasteiger partial charge in [-0.1, -0.05) is 29.8 Å². The van der Waals surface area contributed by atoms with Crippen LogP contribution in [0, 0.1) is 19.7 Å². The zero-order valence-corrected chi connectivity index (χ0v) is 16.3. The van der Waals surface area contributed by atoms with Crippen LogP contribution in [0.4, 0.5) is 10.1 Å². The van der Waals surface area contributed by atoms with Crippen LogP contribution in [0.15, 0.2) is 60.9 Å². The lowest BCUT2D eigenvalue weighted by molar-refractivity contribution is 0.0953. The highest BCUT2D eigenvalue weighted by atomic mass is 19.1. The molecule has 6 heteroatoms. The lowest BCUT2D eigenvalue weighted by Gasteiger charge is -2.10. The van der Waals surface area contributed by atoms with Crippen LogP contribution < -0.4 is 10.6 Å². The fraction of sp³-hybridized carbons (Fsp3) is 0.174. The monoisotopic (exact) mass is 391 g/mol. The standard InChI is InChI=1S/C23H22FN3O2/c1-15-3-8-21(16(2)11-15)27-23(29)19-12-18(13-25-14-19)22(28)26-10-9-17-4-6-20(24)7-5-17/h3-8,11-14H,9-10H2,1-2H3,(H,26,28)(H,27,29). The number of hydrogen-bond acceptors (Lipinski definition) is 3. The second-order valence-corrected chi connectivity index (χ2v) is 6.87. The number of halogens is 1. The largest absolute Gasteiger partial charge is 0.352 e. The molecule has 2 aromatic carbocycles. The highest BCUT2D eigenvalue weighted by molar-refractivity contribution is 6.06. The van der Waals surface area contributed by atoms with Gasteiger partial charge in [-0.2, -0.15) is 0 Å². The number of hydrogen-bond donors (Lipinski definition) is 2. The summed E-state index contributed by atoms with van der Waals surface area (Å²) in [5, 5.41) is 5.64. The number of pyridine rings is 1. The number of anilines is 1. The first kappa shape index (κ1) is 20.2. The highest BCUT2D eigenvalue weighted by Crippen LogP contribution is 2.17. The third kappa shape index (κ3) is 5.48. The summed E-state index contributed by atoms with van der Waals surface area (Å²) in [5.41, 5.74) is 4.32. The number of nitrogens with zero attached hydrogens (tertiary/aromatic N) is 1. The summed E-state index contributed by atoms with van der Waals surface area (Å²) in [6, 6.07) is 13.4. The molecule has 1 aromatic heterocycles. The maximum Gasteiger partial charge on any atom is 0.257 e. The Balaban J connectivity index is 1.61. The van der Waals surface area contributed by atoms with Crippen molar-refractivity contribution in [3.8, 4) is 0 Å². The molecule has 0 fully saturated rings. The molecule has 0 saturated heterocycles. The van der Waals surface area contributed by atoms with Crippen molar-refractivity contribution in [1.29, 1.82) is 0 Å². The van der Waals surface area contributed by atoms with Crippen LogP contribution in [0.25, 0.3) is 0 Å². The molecule has 3 rings (SSSR count). The molecule has 29 heavy (non-hydrogen) atoms. The summed E-state index contributed by atoms with van der Waals surface area (Å²) >= 11 is 0. The Labute approximate surface area is 169 Å². The predicted molar refractivity (Wildman–Crippen MR) is 111 cm³/mol. The minimum Gasteiger partial charge on any atom is -0.352 e. The second kappa shape index (κ2) is 9.10. The first-order valence-electron chi connectivity index (χ1n) is 9.28. The maximum atomic E-state index is 12.9. The van der Waals surface area contributed by atoms with Crippen molar-refractivity contribution in [3.05, 3.63) is 94.6 Å². The van der Waals surface area contributed by atoms with Crippen molar-refractivity contribution < 1.29 is 14.0 Å². The van der Waals surface area contributed by atoms with Crippen LogP contribution in [-0.4, -0.2) is 23.3 Å². The highest BCUT2D eigenvalue weighted by Gasteiger charge is 2.12. The topological polar surface area (TPSA) is 71.1 Å². The van der Waals surface area contributed by atoms with Crippen molar-refractivity contribution in [2.75, 3.05) is 11.9 Å². The van der Waals surface area contributed by atoms with Gasteiger partial charge in [0.15, 0.2) is 0 Å². The molecule has 0 radical (unpaired) electrons. The van der Waals surface area contributed by atoms with Crippen LogP contribution in [0.3, 0.4) is 0 Å². The summed E-state index contributed by atoms with van der Waals surface area (Å²) in [7, 11) is 0. The number of rotatable bonds is 6. The van der Waals surface area contributed by atoms with Gasteiger partial charge >= 0.3 is 0 Å². The van der Waals surface area contributed by atoms with Gasteiger partial charge in [0.05, 0.1) is 11.1 Å². The molecule has 0 aliphatic carbocycles. The lowest BCUT2D eigenvalue weighted by Crippen LogP contribution is -2.26. The normalized spacial score (nSPS) is 10.4. The average molecular weight is 391 g/mol. The quantitative estimate of drug-likeness (QED) is 0.666. The summed E-state index contributed by atoms with van der Waals surface area (Å²) in [6.45, 7) is 4.30. The molecule has 2 amide bonds. The SMILES string of the molecule is Cc1ccc(NC(=O)c2cncc(C(=O)NCCc3ccc(F)cc3)c2)c(C)c1. The van der Waals surface area contributed by atoms with E-state index in [-0.39, 0.29) is 17.6 Å². The summed E-state index contributed by atoms with van der Waals surface area (Å²) < 4.78 is 12.9. The molecule has 2 N–H and O–H groups in total. The fourth-order valence-corrected chi connectivity index (χ4v) is 2.91. The Morgan fingerprint density at radius 3 is 2.31 bits per heavy atom. The number of carbonyl (C=O) groups is 2. The molecule has 0 bridgehead atoms. The van der Waals surface area contributed by atoms with Gasteiger partial charge in [-0.25, -0.2) is 4.39 Å². The minimum atomic E-state index is -0.328. The smallest absolute Gasteiger partial charge is 0.257 e. The van der Waals surface area contributed by atoms with E-state index in [0.29, 0.717) is 24.1 Å². The van der Waals surface area contributed by atoms with Crippen molar-refractivity contribution in [2.45, 2.75) is 20.3 Å². The van der Waals surface area contributed by atoms with Gasteiger partial charge in [-0.05, 0) is 55.7 Å². The number of aryl methyl sites for hydroxylation is 2. The third-order valence-corrected chi connectivity index (χ3v) is 4.51. The summed E-state index contributed by atoms with van der Waals surface area (Å²) in [6.07, 6.45) is 3.42. The lowest BCUT2D eigenvalue weighted by atomic mass is 10.1. The van der Waals surface area contributed by atoms with Crippen molar-refractivity contribution in [1.82, 2.24) is 10.3 Å².